The van der Waals surface area contributed by atoms with E-state index in [4.69, 9.17) is 15.5 Å². The Labute approximate surface area is 202 Å². The molecule has 0 bridgehead atoms. The second kappa shape index (κ2) is 9.80. The van der Waals surface area contributed by atoms with Crippen LogP contribution in [-0.2, 0) is 15.5 Å². The Hall–Kier alpha value is -3.47. The molecule has 3 N–H and O–H groups in total. The molecule has 0 fully saturated rings. The van der Waals surface area contributed by atoms with E-state index >= 15 is 0 Å². The molecule has 1 unspecified atom stereocenters. The second-order valence-electron chi connectivity index (χ2n) is 7.58. The maximum absolute atomic E-state index is 13.0. The van der Waals surface area contributed by atoms with Crippen LogP contribution in [0, 0.1) is 0 Å². The van der Waals surface area contributed by atoms with Crippen LogP contribution in [0.1, 0.15) is 6.42 Å². The molecule has 4 heterocycles. The highest BCUT2D eigenvalue weighted by atomic mass is 32.2. The lowest BCUT2D eigenvalue weighted by Crippen LogP contribution is -2.02. The van der Waals surface area contributed by atoms with E-state index in [-0.39, 0.29) is 0 Å². The fraction of sp³-hybridized carbons (Fsp3) is 0.167. The average molecular weight is 491 g/mol. The smallest absolute Gasteiger partial charge is 0.162 e. The van der Waals surface area contributed by atoms with Crippen LogP contribution in [0.5, 0.6) is 0 Å². The molecule has 5 rings (SSSR count). The number of methoxy groups -OCH3 is 1. The number of rotatable bonds is 8. The summed E-state index contributed by atoms with van der Waals surface area (Å²) in [7, 11) is 0.413. The lowest BCUT2D eigenvalue weighted by molar-refractivity contribution is 0.200. The van der Waals surface area contributed by atoms with Crippen molar-refractivity contribution in [2.75, 3.05) is 25.2 Å². The highest BCUT2D eigenvalue weighted by molar-refractivity contribution is 7.87. The van der Waals surface area contributed by atoms with Crippen molar-refractivity contribution in [2.24, 2.45) is 0 Å². The van der Waals surface area contributed by atoms with Gasteiger partial charge in [0.25, 0.3) is 0 Å². The van der Waals surface area contributed by atoms with E-state index in [0.717, 1.165) is 38.2 Å². The lowest BCUT2D eigenvalue weighted by Gasteiger charge is -2.09. The quantitative estimate of drug-likeness (QED) is 0.307. The predicted octanol–water partition coefficient (Wildman–Crippen LogP) is 4.54. The van der Waals surface area contributed by atoms with Gasteiger partial charge in [-0.2, -0.15) is 5.10 Å². The lowest BCUT2D eigenvalue weighted by atomic mass is 10.0. The van der Waals surface area contributed by atoms with Gasteiger partial charge in [-0.05, 0) is 23.6 Å². The number of aromatic amines is 1. The zero-order valence-corrected chi connectivity index (χ0v) is 20.0. The average Bonchev–Trinajstić information content (AvgIpc) is 3.53. The first-order valence-corrected chi connectivity index (χ1v) is 12.8. The van der Waals surface area contributed by atoms with E-state index in [2.05, 4.69) is 20.2 Å². The van der Waals surface area contributed by atoms with Crippen LogP contribution in [-0.4, -0.2) is 48.8 Å². The van der Waals surface area contributed by atoms with Gasteiger partial charge in [-0.15, -0.1) is 11.3 Å². The number of nitrogen functional groups attached to an aromatic ring is 1. The molecule has 0 aliphatic carbocycles. The Bertz CT molecular complexity index is 1430. The van der Waals surface area contributed by atoms with Crippen molar-refractivity contribution in [1.29, 1.82) is 0 Å². The van der Waals surface area contributed by atoms with Crippen LogP contribution >= 0.6 is 11.3 Å². The Morgan fingerprint density at radius 2 is 1.88 bits per heavy atom. The molecule has 0 spiro atoms. The summed E-state index contributed by atoms with van der Waals surface area (Å²) in [6.07, 6.45) is 7.62. The Kier molecular flexibility index (Phi) is 6.43. The van der Waals surface area contributed by atoms with E-state index in [1.165, 1.54) is 11.3 Å². The Morgan fingerprint density at radius 1 is 1.09 bits per heavy atom. The number of fused-ring (bicyclic) bond motifs is 1. The normalized spacial score (nSPS) is 12.3. The molecule has 0 aliphatic heterocycles. The summed E-state index contributed by atoms with van der Waals surface area (Å²) in [5, 5.41) is 7.54. The number of hydrogen-bond acceptors (Lipinski definition) is 8. The molecule has 10 heteroatoms. The summed E-state index contributed by atoms with van der Waals surface area (Å²) in [6, 6.07) is 12.0. The standard InChI is InChI=1S/C24H22N6O2S2/c1-32-8-5-9-34(31)24-21(25)20-18(15-6-3-2-4-7-15)10-19(30-23(20)33-24)16-11-26-22(27-12-16)17-13-28-29-14-17/h2-4,6-7,10-14H,5,8-9,25H2,1H3,(H,28,29). The number of nitrogens with two attached hydrogens (primary N) is 1. The van der Waals surface area contributed by atoms with Crippen LogP contribution in [0.25, 0.3) is 44.0 Å². The molecule has 1 atom stereocenters. The second-order valence-corrected chi connectivity index (χ2v) is 10.3. The summed E-state index contributed by atoms with van der Waals surface area (Å²) in [4.78, 5) is 14.6. The molecule has 0 saturated heterocycles. The summed E-state index contributed by atoms with van der Waals surface area (Å²) < 4.78 is 18.7. The third kappa shape index (κ3) is 4.35. The molecule has 4 aromatic heterocycles. The van der Waals surface area contributed by atoms with Gasteiger partial charge in [0.2, 0.25) is 0 Å². The summed E-state index contributed by atoms with van der Waals surface area (Å²) in [6.45, 7) is 0.559. The first-order valence-electron chi connectivity index (χ1n) is 10.6. The maximum atomic E-state index is 13.0. The molecule has 5 aromatic rings. The van der Waals surface area contributed by atoms with Crippen molar-refractivity contribution in [3.05, 3.63) is 61.2 Å². The highest BCUT2D eigenvalue weighted by Crippen LogP contribution is 2.42. The van der Waals surface area contributed by atoms with Gasteiger partial charge in [0.15, 0.2) is 5.82 Å². The van der Waals surface area contributed by atoms with Gasteiger partial charge in [-0.3, -0.25) is 9.31 Å². The number of nitrogens with zero attached hydrogens (tertiary/aromatic N) is 4. The topological polar surface area (TPSA) is 120 Å². The summed E-state index contributed by atoms with van der Waals surface area (Å²) in [5.41, 5.74) is 11.3. The molecular formula is C24H22N6O2S2. The summed E-state index contributed by atoms with van der Waals surface area (Å²) in [5.74, 6) is 1.07. The number of benzene rings is 1. The molecule has 0 aliphatic rings. The zero-order valence-electron chi connectivity index (χ0n) is 18.4. The van der Waals surface area contributed by atoms with Crippen molar-refractivity contribution in [3.63, 3.8) is 0 Å². The molecule has 8 nitrogen and oxygen atoms in total. The molecule has 0 saturated carbocycles. The van der Waals surface area contributed by atoms with Crippen molar-refractivity contribution in [3.8, 4) is 33.8 Å². The number of H-pyrrole nitrogens is 1. The fourth-order valence-corrected chi connectivity index (χ4v) is 6.30. The molecular weight excluding hydrogens is 468 g/mol. The minimum Gasteiger partial charge on any atom is -0.396 e. The number of ether oxygens (including phenoxy) is 1. The SMILES string of the molecule is COCCCS(=O)c1sc2nc(-c3cnc(-c4cn[nH]c4)nc3)cc(-c3ccccc3)c2c1N. The van der Waals surface area contributed by atoms with E-state index in [1.807, 2.05) is 36.4 Å². The Morgan fingerprint density at radius 3 is 2.59 bits per heavy atom. The van der Waals surface area contributed by atoms with Crippen molar-refractivity contribution in [1.82, 2.24) is 25.1 Å². The number of pyridine rings is 1. The van der Waals surface area contributed by atoms with Crippen molar-refractivity contribution in [2.45, 2.75) is 10.6 Å². The van der Waals surface area contributed by atoms with Gasteiger partial charge < -0.3 is 10.5 Å². The highest BCUT2D eigenvalue weighted by Gasteiger charge is 2.21. The van der Waals surface area contributed by atoms with Gasteiger partial charge >= 0.3 is 0 Å². The number of hydrogen-bond donors (Lipinski definition) is 2. The molecule has 172 valence electrons. The van der Waals surface area contributed by atoms with Gasteiger partial charge in [0, 0.05) is 49.0 Å². The minimum absolute atomic E-state index is 0.488. The fourth-order valence-electron chi connectivity index (χ4n) is 3.67. The largest absolute Gasteiger partial charge is 0.396 e. The number of thiophene rings is 1. The predicted molar refractivity (Wildman–Crippen MR) is 136 cm³/mol. The van der Waals surface area contributed by atoms with E-state index < -0.39 is 10.8 Å². The van der Waals surface area contributed by atoms with E-state index in [9.17, 15) is 4.21 Å². The van der Waals surface area contributed by atoms with Crippen LogP contribution in [0.3, 0.4) is 0 Å². The van der Waals surface area contributed by atoms with Gasteiger partial charge in [-0.25, -0.2) is 15.0 Å². The Balaban J connectivity index is 1.62. The number of anilines is 1. The van der Waals surface area contributed by atoms with Crippen LogP contribution in [0.2, 0.25) is 0 Å². The third-order valence-corrected chi connectivity index (χ3v) is 8.33. The minimum atomic E-state index is -1.23. The molecule has 1 aromatic carbocycles. The molecule has 0 radical (unpaired) electrons. The summed E-state index contributed by atoms with van der Waals surface area (Å²) >= 11 is 1.38. The van der Waals surface area contributed by atoms with Crippen LogP contribution in [0.4, 0.5) is 5.69 Å². The first kappa shape index (κ1) is 22.3. The van der Waals surface area contributed by atoms with Crippen LogP contribution < -0.4 is 5.73 Å². The van der Waals surface area contributed by atoms with Crippen LogP contribution in [0.15, 0.2) is 65.4 Å². The van der Waals surface area contributed by atoms with Gasteiger partial charge in [0.05, 0.1) is 33.9 Å². The number of nitrogens with one attached hydrogen (secondary N) is 1. The van der Waals surface area contributed by atoms with E-state index in [1.54, 1.807) is 31.9 Å². The monoisotopic (exact) mass is 490 g/mol. The molecule has 34 heavy (non-hydrogen) atoms. The van der Waals surface area contributed by atoms with E-state index in [0.29, 0.717) is 34.5 Å². The first-order chi connectivity index (χ1) is 16.7. The van der Waals surface area contributed by atoms with Gasteiger partial charge in [0.1, 0.15) is 9.04 Å². The van der Waals surface area contributed by atoms with Gasteiger partial charge in [-0.1, -0.05) is 30.3 Å². The van der Waals surface area contributed by atoms with Crippen molar-refractivity contribution < 1.29 is 8.95 Å². The number of aromatic nitrogens is 5. The molecule has 0 amide bonds. The van der Waals surface area contributed by atoms with Crippen molar-refractivity contribution >= 4 is 38.0 Å². The zero-order chi connectivity index (χ0) is 23.5. The maximum Gasteiger partial charge on any atom is 0.162 e. The third-order valence-electron chi connectivity index (χ3n) is 5.34.